The van der Waals surface area contributed by atoms with Gasteiger partial charge >= 0.3 is 0 Å². The summed E-state index contributed by atoms with van der Waals surface area (Å²) in [5, 5.41) is 9.50. The second kappa shape index (κ2) is 7.09. The minimum atomic E-state index is 0.220. The zero-order valence-corrected chi connectivity index (χ0v) is 15.8. The normalized spacial score (nSPS) is 15.9. The van der Waals surface area contributed by atoms with Gasteiger partial charge in [0.05, 0.1) is 23.4 Å². The van der Waals surface area contributed by atoms with Gasteiger partial charge in [-0.05, 0) is 47.9 Å². The SMILES string of the molecule is N#Cc1ccccc1CC(N=C1c2ccccc2-c2ccccc21)C1CCC1. The van der Waals surface area contributed by atoms with Crippen molar-refractivity contribution < 1.29 is 0 Å². The molecule has 3 aromatic rings. The number of rotatable bonds is 4. The molecule has 0 saturated heterocycles. The van der Waals surface area contributed by atoms with Crippen LogP contribution in [0.15, 0.2) is 77.8 Å². The molecule has 28 heavy (non-hydrogen) atoms. The molecule has 0 N–H and O–H groups in total. The Morgan fingerprint density at radius 3 is 1.96 bits per heavy atom. The Morgan fingerprint density at radius 1 is 0.821 bits per heavy atom. The summed E-state index contributed by atoms with van der Waals surface area (Å²) in [6, 6.07) is 27.7. The van der Waals surface area contributed by atoms with Crippen molar-refractivity contribution >= 4 is 5.71 Å². The first kappa shape index (κ1) is 17.0. The molecular weight excluding hydrogens is 340 g/mol. The number of aliphatic imine (C=N–C) groups is 1. The van der Waals surface area contributed by atoms with E-state index in [1.165, 1.54) is 41.5 Å². The van der Waals surface area contributed by atoms with Gasteiger partial charge in [0.1, 0.15) is 0 Å². The summed E-state index contributed by atoms with van der Waals surface area (Å²) in [6.07, 6.45) is 4.60. The highest BCUT2D eigenvalue weighted by Gasteiger charge is 2.31. The fraction of sp³-hybridized carbons (Fsp3) is 0.231. The molecule has 2 nitrogen and oxygen atoms in total. The molecule has 0 aromatic heterocycles. The molecule has 3 aromatic carbocycles. The van der Waals surface area contributed by atoms with E-state index in [1.807, 2.05) is 18.2 Å². The van der Waals surface area contributed by atoms with Gasteiger partial charge in [0.2, 0.25) is 0 Å². The molecule has 1 atom stereocenters. The molecule has 0 radical (unpaired) electrons. The van der Waals surface area contributed by atoms with E-state index in [9.17, 15) is 5.26 Å². The fourth-order valence-electron chi connectivity index (χ4n) is 4.47. The van der Waals surface area contributed by atoms with Gasteiger partial charge in [-0.3, -0.25) is 4.99 Å². The van der Waals surface area contributed by atoms with Gasteiger partial charge < -0.3 is 0 Å². The predicted octanol–water partition coefficient (Wildman–Crippen LogP) is 5.79. The van der Waals surface area contributed by atoms with Gasteiger partial charge in [0.15, 0.2) is 0 Å². The summed E-state index contributed by atoms with van der Waals surface area (Å²) in [5.41, 5.74) is 8.05. The van der Waals surface area contributed by atoms with Crippen LogP contribution in [0.3, 0.4) is 0 Å². The first-order valence-corrected chi connectivity index (χ1v) is 10.1. The van der Waals surface area contributed by atoms with Crippen LogP contribution >= 0.6 is 0 Å². The largest absolute Gasteiger partial charge is 0.280 e. The first-order valence-electron chi connectivity index (χ1n) is 10.1. The van der Waals surface area contributed by atoms with Crippen molar-refractivity contribution in [1.82, 2.24) is 0 Å². The zero-order chi connectivity index (χ0) is 18.9. The van der Waals surface area contributed by atoms with E-state index in [0.29, 0.717) is 5.92 Å². The second-order valence-corrected chi connectivity index (χ2v) is 7.80. The molecule has 0 amide bonds. The summed E-state index contributed by atoms with van der Waals surface area (Å²) < 4.78 is 0. The summed E-state index contributed by atoms with van der Waals surface area (Å²) >= 11 is 0. The molecule has 1 saturated carbocycles. The maximum Gasteiger partial charge on any atom is 0.0994 e. The van der Waals surface area contributed by atoms with E-state index >= 15 is 0 Å². The zero-order valence-electron chi connectivity index (χ0n) is 15.8. The smallest absolute Gasteiger partial charge is 0.0994 e. The third-order valence-corrected chi connectivity index (χ3v) is 6.21. The van der Waals surface area contributed by atoms with Crippen molar-refractivity contribution in [2.45, 2.75) is 31.7 Å². The van der Waals surface area contributed by atoms with Crippen LogP contribution < -0.4 is 0 Å². The third-order valence-electron chi connectivity index (χ3n) is 6.21. The molecule has 0 heterocycles. The van der Waals surface area contributed by atoms with Gasteiger partial charge in [0.25, 0.3) is 0 Å². The Kier molecular flexibility index (Phi) is 4.29. The van der Waals surface area contributed by atoms with E-state index in [0.717, 1.165) is 23.3 Å². The molecule has 5 rings (SSSR count). The van der Waals surface area contributed by atoms with Gasteiger partial charge in [-0.1, -0.05) is 73.2 Å². The number of nitrogens with zero attached hydrogens (tertiary/aromatic N) is 2. The maximum atomic E-state index is 9.50. The van der Waals surface area contributed by atoms with Crippen LogP contribution in [0.1, 0.15) is 41.5 Å². The van der Waals surface area contributed by atoms with Crippen molar-refractivity contribution in [3.8, 4) is 17.2 Å². The lowest BCUT2D eigenvalue weighted by Crippen LogP contribution is -2.29. The van der Waals surface area contributed by atoms with E-state index in [2.05, 4.69) is 60.7 Å². The minimum Gasteiger partial charge on any atom is -0.280 e. The fourth-order valence-corrected chi connectivity index (χ4v) is 4.47. The molecule has 0 spiro atoms. The van der Waals surface area contributed by atoms with Crippen molar-refractivity contribution in [1.29, 1.82) is 5.26 Å². The molecule has 0 aliphatic heterocycles. The average molecular weight is 362 g/mol. The standard InChI is InChI=1S/C26H22N2/c27-17-20-9-2-1-8-19(20)16-25(18-10-7-11-18)28-26-23-14-5-3-12-21(23)22-13-4-6-15-24(22)26/h1-6,8-9,12-15,18,25H,7,10-11,16H2. The third kappa shape index (κ3) is 2.84. The highest BCUT2D eigenvalue weighted by atomic mass is 14.8. The molecule has 2 aliphatic carbocycles. The highest BCUT2D eigenvalue weighted by molar-refractivity contribution is 6.24. The lowest BCUT2D eigenvalue weighted by Gasteiger charge is -2.32. The molecule has 2 heteroatoms. The van der Waals surface area contributed by atoms with Gasteiger partial charge in [0, 0.05) is 11.1 Å². The van der Waals surface area contributed by atoms with Crippen LogP contribution in [0.5, 0.6) is 0 Å². The van der Waals surface area contributed by atoms with Crippen molar-refractivity contribution in [3.05, 3.63) is 95.1 Å². The minimum absolute atomic E-state index is 0.220. The average Bonchev–Trinajstić information content (AvgIpc) is 3.01. The molecule has 1 unspecified atom stereocenters. The van der Waals surface area contributed by atoms with Crippen molar-refractivity contribution in [2.24, 2.45) is 10.9 Å². The monoisotopic (exact) mass is 362 g/mol. The Hall–Kier alpha value is -3.18. The van der Waals surface area contributed by atoms with Crippen molar-refractivity contribution in [2.75, 3.05) is 0 Å². The summed E-state index contributed by atoms with van der Waals surface area (Å²) in [5.74, 6) is 0.610. The summed E-state index contributed by atoms with van der Waals surface area (Å²) in [4.78, 5) is 5.36. The number of hydrogen-bond acceptors (Lipinski definition) is 2. The number of hydrogen-bond donors (Lipinski definition) is 0. The molecule has 2 aliphatic rings. The van der Waals surface area contributed by atoms with Crippen LogP contribution in [0, 0.1) is 17.2 Å². The Bertz CT molecular complexity index is 1050. The van der Waals surface area contributed by atoms with E-state index in [4.69, 9.17) is 4.99 Å². The van der Waals surface area contributed by atoms with Gasteiger partial charge in [-0.25, -0.2) is 0 Å². The van der Waals surface area contributed by atoms with E-state index in [1.54, 1.807) is 0 Å². The van der Waals surface area contributed by atoms with Crippen LogP contribution in [-0.4, -0.2) is 11.8 Å². The first-order chi connectivity index (χ1) is 13.8. The highest BCUT2D eigenvalue weighted by Crippen LogP contribution is 2.39. The Balaban J connectivity index is 1.59. The van der Waals surface area contributed by atoms with Crippen LogP contribution in [0.2, 0.25) is 0 Å². The van der Waals surface area contributed by atoms with Gasteiger partial charge in [-0.15, -0.1) is 0 Å². The Morgan fingerprint density at radius 2 is 1.39 bits per heavy atom. The number of benzene rings is 3. The Labute approximate surface area is 166 Å². The quantitative estimate of drug-likeness (QED) is 0.453. The number of nitriles is 1. The lowest BCUT2D eigenvalue weighted by atomic mass is 9.77. The topological polar surface area (TPSA) is 36.1 Å². The van der Waals surface area contributed by atoms with E-state index < -0.39 is 0 Å². The maximum absolute atomic E-state index is 9.50. The van der Waals surface area contributed by atoms with Crippen LogP contribution in [-0.2, 0) is 6.42 Å². The van der Waals surface area contributed by atoms with Gasteiger partial charge in [-0.2, -0.15) is 5.26 Å². The van der Waals surface area contributed by atoms with Crippen molar-refractivity contribution in [3.63, 3.8) is 0 Å². The molecular formula is C26H22N2. The number of fused-ring (bicyclic) bond motifs is 3. The summed E-state index contributed by atoms with van der Waals surface area (Å²) in [6.45, 7) is 0. The summed E-state index contributed by atoms with van der Waals surface area (Å²) in [7, 11) is 0. The lowest BCUT2D eigenvalue weighted by molar-refractivity contribution is 0.262. The molecule has 136 valence electrons. The molecule has 0 bridgehead atoms. The second-order valence-electron chi connectivity index (χ2n) is 7.80. The van der Waals surface area contributed by atoms with Crippen LogP contribution in [0.25, 0.3) is 11.1 Å². The predicted molar refractivity (Wildman–Crippen MR) is 114 cm³/mol. The van der Waals surface area contributed by atoms with E-state index in [-0.39, 0.29) is 6.04 Å². The van der Waals surface area contributed by atoms with Crippen LogP contribution in [0.4, 0.5) is 0 Å². The molecule has 1 fully saturated rings.